The highest BCUT2D eigenvalue weighted by Crippen LogP contribution is 2.24. The largest absolute Gasteiger partial charge is 0.350 e. The van der Waals surface area contributed by atoms with Crippen LogP contribution in [0.25, 0.3) is 0 Å². The lowest BCUT2D eigenvalue weighted by Crippen LogP contribution is -2.46. The molecule has 6 nitrogen and oxygen atoms in total. The van der Waals surface area contributed by atoms with Gasteiger partial charge in [0.25, 0.3) is 5.91 Å². The monoisotopic (exact) mass is 321 g/mol. The van der Waals surface area contributed by atoms with Gasteiger partial charge in [-0.3, -0.25) is 14.5 Å². The molecule has 0 bridgehead atoms. The summed E-state index contributed by atoms with van der Waals surface area (Å²) in [6, 6.07) is 5.29. The smallest absolute Gasteiger partial charge is 0.325 e. The second kappa shape index (κ2) is 6.76. The van der Waals surface area contributed by atoms with Gasteiger partial charge in [-0.15, -0.1) is 0 Å². The molecule has 1 saturated heterocycles. The van der Waals surface area contributed by atoms with E-state index in [1.165, 1.54) is 12.1 Å². The third-order valence-electron chi connectivity index (χ3n) is 4.13. The summed E-state index contributed by atoms with van der Waals surface area (Å²) < 4.78 is 13.1. The molecule has 1 heterocycles. The fourth-order valence-electron chi connectivity index (χ4n) is 2.60. The summed E-state index contributed by atoms with van der Waals surface area (Å²) >= 11 is 0. The van der Waals surface area contributed by atoms with E-state index in [0.717, 1.165) is 4.90 Å². The third-order valence-corrected chi connectivity index (χ3v) is 4.13. The van der Waals surface area contributed by atoms with Crippen LogP contribution in [0.3, 0.4) is 0 Å². The van der Waals surface area contributed by atoms with Crippen LogP contribution in [0.4, 0.5) is 9.18 Å². The summed E-state index contributed by atoms with van der Waals surface area (Å²) in [5.74, 6) is -1.24. The summed E-state index contributed by atoms with van der Waals surface area (Å²) in [6.45, 7) is 3.42. The molecule has 0 radical (unpaired) electrons. The van der Waals surface area contributed by atoms with E-state index < -0.39 is 17.5 Å². The Kier molecular flexibility index (Phi) is 4.98. The number of imide groups is 1. The second-order valence-electron chi connectivity index (χ2n) is 5.52. The lowest BCUT2D eigenvalue weighted by atomic mass is 9.93. The van der Waals surface area contributed by atoms with Crippen LogP contribution in [0.1, 0.15) is 32.3 Å². The Morgan fingerprint density at radius 2 is 2.00 bits per heavy atom. The van der Waals surface area contributed by atoms with Gasteiger partial charge in [0, 0.05) is 6.54 Å². The lowest BCUT2D eigenvalue weighted by molar-refractivity contribution is -0.135. The molecular weight excluding hydrogens is 301 g/mol. The van der Waals surface area contributed by atoms with Gasteiger partial charge in [0.05, 0.1) is 0 Å². The van der Waals surface area contributed by atoms with E-state index in [2.05, 4.69) is 10.6 Å². The second-order valence-corrected chi connectivity index (χ2v) is 5.52. The van der Waals surface area contributed by atoms with Crippen molar-refractivity contribution in [3.05, 3.63) is 35.6 Å². The zero-order valence-electron chi connectivity index (χ0n) is 13.2. The molecule has 4 amide bonds. The minimum Gasteiger partial charge on any atom is -0.350 e. The first-order valence-electron chi connectivity index (χ1n) is 7.57. The van der Waals surface area contributed by atoms with Gasteiger partial charge in [-0.05, 0) is 30.5 Å². The summed E-state index contributed by atoms with van der Waals surface area (Å²) in [7, 11) is 0. The molecule has 2 rings (SSSR count). The Morgan fingerprint density at radius 1 is 1.30 bits per heavy atom. The molecule has 1 fully saturated rings. The van der Waals surface area contributed by atoms with Crippen LogP contribution in [0.15, 0.2) is 24.3 Å². The molecule has 0 atom stereocenters. The highest BCUT2D eigenvalue weighted by molar-refractivity contribution is 6.08. The summed E-state index contributed by atoms with van der Waals surface area (Å²) in [5.41, 5.74) is -0.313. The van der Waals surface area contributed by atoms with E-state index in [1.807, 2.05) is 13.8 Å². The molecule has 1 aliphatic rings. The van der Waals surface area contributed by atoms with E-state index in [1.54, 1.807) is 12.1 Å². The number of hydrogen-bond acceptors (Lipinski definition) is 3. The number of nitrogens with zero attached hydrogens (tertiary/aromatic N) is 1. The fourth-order valence-corrected chi connectivity index (χ4v) is 2.60. The number of benzene rings is 1. The van der Waals surface area contributed by atoms with Crippen molar-refractivity contribution in [3.8, 4) is 0 Å². The first kappa shape index (κ1) is 16.9. The molecule has 23 heavy (non-hydrogen) atoms. The predicted octanol–water partition coefficient (Wildman–Crippen LogP) is 1.55. The van der Waals surface area contributed by atoms with Crippen LogP contribution < -0.4 is 10.6 Å². The molecule has 1 aromatic carbocycles. The van der Waals surface area contributed by atoms with Crippen molar-refractivity contribution in [2.45, 2.75) is 38.8 Å². The topological polar surface area (TPSA) is 78.5 Å². The van der Waals surface area contributed by atoms with Crippen molar-refractivity contribution in [1.29, 1.82) is 0 Å². The standard InChI is InChI=1S/C16H20FN3O3/c1-3-16(4-2)14(22)20(15(23)19-16)10-13(21)18-9-11-6-5-7-12(17)8-11/h5-8H,3-4,9-10H2,1-2H3,(H,18,21)(H,19,23). The Balaban J connectivity index is 1.95. The van der Waals surface area contributed by atoms with Crippen LogP contribution >= 0.6 is 0 Å². The predicted molar refractivity (Wildman–Crippen MR) is 81.8 cm³/mol. The van der Waals surface area contributed by atoms with E-state index in [-0.39, 0.29) is 24.8 Å². The van der Waals surface area contributed by atoms with Gasteiger partial charge in [0.1, 0.15) is 17.9 Å². The van der Waals surface area contributed by atoms with Gasteiger partial charge in [0.15, 0.2) is 0 Å². The highest BCUT2D eigenvalue weighted by Gasteiger charge is 2.49. The number of urea groups is 1. The van der Waals surface area contributed by atoms with Gasteiger partial charge in [-0.2, -0.15) is 0 Å². The molecule has 0 aromatic heterocycles. The lowest BCUT2D eigenvalue weighted by Gasteiger charge is -2.23. The van der Waals surface area contributed by atoms with Gasteiger partial charge in [0.2, 0.25) is 5.91 Å². The maximum atomic E-state index is 13.1. The number of carbonyl (C=O) groups is 3. The summed E-state index contributed by atoms with van der Waals surface area (Å²) in [5, 5.41) is 5.24. The molecule has 124 valence electrons. The average Bonchev–Trinajstić information content (AvgIpc) is 2.78. The number of nitrogens with one attached hydrogen (secondary N) is 2. The van der Waals surface area contributed by atoms with E-state index >= 15 is 0 Å². The Morgan fingerprint density at radius 3 is 2.57 bits per heavy atom. The number of halogens is 1. The first-order chi connectivity index (χ1) is 10.9. The zero-order chi connectivity index (χ0) is 17.0. The normalized spacial score (nSPS) is 16.4. The molecular formula is C16H20FN3O3. The van der Waals surface area contributed by atoms with Crippen LogP contribution in [-0.4, -0.2) is 34.8 Å². The van der Waals surface area contributed by atoms with E-state index in [4.69, 9.17) is 0 Å². The van der Waals surface area contributed by atoms with Gasteiger partial charge in [-0.25, -0.2) is 9.18 Å². The molecule has 1 aliphatic heterocycles. The van der Waals surface area contributed by atoms with E-state index in [9.17, 15) is 18.8 Å². The Bertz CT molecular complexity index is 629. The molecule has 0 spiro atoms. The minimum absolute atomic E-state index is 0.132. The Labute approximate surface area is 134 Å². The number of hydrogen-bond donors (Lipinski definition) is 2. The van der Waals surface area contributed by atoms with Crippen molar-refractivity contribution in [3.63, 3.8) is 0 Å². The number of amides is 4. The third kappa shape index (κ3) is 3.49. The van der Waals surface area contributed by atoms with Crippen LogP contribution in [0, 0.1) is 5.82 Å². The fraction of sp³-hybridized carbons (Fsp3) is 0.438. The highest BCUT2D eigenvalue weighted by atomic mass is 19.1. The molecule has 2 N–H and O–H groups in total. The SMILES string of the molecule is CCC1(CC)NC(=O)N(CC(=O)NCc2cccc(F)c2)C1=O. The van der Waals surface area contributed by atoms with Gasteiger partial charge >= 0.3 is 6.03 Å². The number of rotatable bonds is 6. The summed E-state index contributed by atoms with van der Waals surface area (Å²) in [4.78, 5) is 37.2. The van der Waals surface area contributed by atoms with Crippen molar-refractivity contribution in [2.24, 2.45) is 0 Å². The minimum atomic E-state index is -0.917. The molecule has 0 saturated carbocycles. The maximum Gasteiger partial charge on any atom is 0.325 e. The molecule has 7 heteroatoms. The zero-order valence-corrected chi connectivity index (χ0v) is 13.2. The van der Waals surface area contributed by atoms with Crippen LogP contribution in [-0.2, 0) is 16.1 Å². The molecule has 1 aromatic rings. The first-order valence-corrected chi connectivity index (χ1v) is 7.57. The molecule has 0 aliphatic carbocycles. The van der Waals surface area contributed by atoms with E-state index in [0.29, 0.717) is 18.4 Å². The van der Waals surface area contributed by atoms with Crippen LogP contribution in [0.5, 0.6) is 0 Å². The van der Waals surface area contributed by atoms with Gasteiger partial charge in [-0.1, -0.05) is 26.0 Å². The van der Waals surface area contributed by atoms with Crippen molar-refractivity contribution in [1.82, 2.24) is 15.5 Å². The van der Waals surface area contributed by atoms with Gasteiger partial charge < -0.3 is 10.6 Å². The summed E-state index contributed by atoms with van der Waals surface area (Å²) in [6.07, 6.45) is 0.935. The van der Waals surface area contributed by atoms with Crippen molar-refractivity contribution >= 4 is 17.8 Å². The van der Waals surface area contributed by atoms with Crippen molar-refractivity contribution < 1.29 is 18.8 Å². The number of carbonyl (C=O) groups excluding carboxylic acids is 3. The van der Waals surface area contributed by atoms with Crippen molar-refractivity contribution in [2.75, 3.05) is 6.54 Å². The maximum absolute atomic E-state index is 13.1. The quantitative estimate of drug-likeness (QED) is 0.780. The Hall–Kier alpha value is -2.44. The average molecular weight is 321 g/mol. The molecule has 0 unspecified atom stereocenters. The van der Waals surface area contributed by atoms with Crippen LogP contribution in [0.2, 0.25) is 0 Å².